The summed E-state index contributed by atoms with van der Waals surface area (Å²) >= 11 is 0. The Hall–Kier alpha value is -1.11. The van der Waals surface area contributed by atoms with Crippen LogP contribution in [0.25, 0.3) is 0 Å². The lowest BCUT2D eigenvalue weighted by molar-refractivity contribution is -0.140. The van der Waals surface area contributed by atoms with Crippen LogP contribution in [0.1, 0.15) is 26.7 Å². The van der Waals surface area contributed by atoms with Gasteiger partial charge in [0, 0.05) is 19.9 Å². The standard InChI is InChI=1S/C5H11NO3S.C4H8O2/c1-4-5(7)6(2)10(3,8)9;1-3-4(5)6-2/h4H2,1-3H3;3H2,1-2H3. The van der Waals surface area contributed by atoms with E-state index in [9.17, 15) is 18.0 Å². The topological polar surface area (TPSA) is 80.8 Å². The molecule has 0 aromatic rings. The van der Waals surface area contributed by atoms with Gasteiger partial charge in [-0.3, -0.25) is 9.59 Å². The molecule has 0 spiro atoms. The normalized spacial score (nSPS) is 9.81. The van der Waals surface area contributed by atoms with Crippen molar-refractivity contribution in [3.05, 3.63) is 0 Å². The molecule has 0 fully saturated rings. The molecule has 0 heterocycles. The van der Waals surface area contributed by atoms with Crippen molar-refractivity contribution in [3.8, 4) is 0 Å². The average molecular weight is 253 g/mol. The Bertz CT molecular complexity index is 317. The highest BCUT2D eigenvalue weighted by Crippen LogP contribution is 1.95. The maximum absolute atomic E-state index is 10.7. The lowest BCUT2D eigenvalue weighted by Gasteiger charge is -2.12. The van der Waals surface area contributed by atoms with Gasteiger partial charge in [0.25, 0.3) is 0 Å². The molecular weight excluding hydrogens is 234 g/mol. The van der Waals surface area contributed by atoms with Crippen LogP contribution in [-0.4, -0.2) is 45.0 Å². The molecule has 0 aliphatic carbocycles. The number of rotatable bonds is 3. The first-order valence-corrected chi connectivity index (χ1v) is 6.59. The summed E-state index contributed by atoms with van der Waals surface area (Å²) in [5.41, 5.74) is 0. The Morgan fingerprint density at radius 1 is 1.19 bits per heavy atom. The molecule has 0 aliphatic rings. The van der Waals surface area contributed by atoms with E-state index in [4.69, 9.17) is 0 Å². The van der Waals surface area contributed by atoms with E-state index in [2.05, 4.69) is 4.74 Å². The highest BCUT2D eigenvalue weighted by atomic mass is 32.2. The van der Waals surface area contributed by atoms with E-state index < -0.39 is 10.0 Å². The number of amides is 1. The molecule has 0 N–H and O–H groups in total. The van der Waals surface area contributed by atoms with Crippen molar-refractivity contribution in [1.29, 1.82) is 0 Å². The SMILES string of the molecule is CCC(=O)N(C)S(C)(=O)=O.CCC(=O)OC. The second-order valence-corrected chi connectivity index (χ2v) is 4.92. The molecule has 0 radical (unpaired) electrons. The molecule has 0 saturated carbocycles. The monoisotopic (exact) mass is 253 g/mol. The summed E-state index contributed by atoms with van der Waals surface area (Å²) in [6.45, 7) is 3.37. The van der Waals surface area contributed by atoms with Gasteiger partial charge < -0.3 is 4.74 Å². The van der Waals surface area contributed by atoms with Gasteiger partial charge in [-0.15, -0.1) is 0 Å². The smallest absolute Gasteiger partial charge is 0.305 e. The highest BCUT2D eigenvalue weighted by molar-refractivity contribution is 7.88. The Labute approximate surface area is 96.6 Å². The maximum atomic E-state index is 10.7. The fourth-order valence-electron chi connectivity index (χ4n) is 0.552. The van der Waals surface area contributed by atoms with E-state index in [1.165, 1.54) is 14.2 Å². The van der Waals surface area contributed by atoms with Gasteiger partial charge >= 0.3 is 5.97 Å². The third-order valence-corrected chi connectivity index (χ3v) is 2.87. The first-order valence-electron chi connectivity index (χ1n) is 4.74. The molecule has 6 nitrogen and oxygen atoms in total. The Morgan fingerprint density at radius 2 is 1.62 bits per heavy atom. The van der Waals surface area contributed by atoms with Crippen LogP contribution in [0.2, 0.25) is 0 Å². The van der Waals surface area contributed by atoms with Crippen LogP contribution in [0.3, 0.4) is 0 Å². The summed E-state index contributed by atoms with van der Waals surface area (Å²) in [4.78, 5) is 20.7. The van der Waals surface area contributed by atoms with Crippen LogP contribution in [0.15, 0.2) is 0 Å². The van der Waals surface area contributed by atoms with Crippen molar-refractivity contribution >= 4 is 21.9 Å². The van der Waals surface area contributed by atoms with Crippen molar-refractivity contribution in [2.45, 2.75) is 26.7 Å². The van der Waals surface area contributed by atoms with Crippen molar-refractivity contribution < 1.29 is 22.7 Å². The maximum Gasteiger partial charge on any atom is 0.305 e. The summed E-state index contributed by atoms with van der Waals surface area (Å²) in [6.07, 6.45) is 1.68. The van der Waals surface area contributed by atoms with Crippen LogP contribution < -0.4 is 0 Å². The predicted molar refractivity (Wildman–Crippen MR) is 60.2 cm³/mol. The van der Waals surface area contributed by atoms with Gasteiger partial charge in [0.15, 0.2) is 0 Å². The number of carbonyl (C=O) groups excluding carboxylic acids is 2. The summed E-state index contributed by atoms with van der Waals surface area (Å²) < 4.78 is 26.3. The van der Waals surface area contributed by atoms with E-state index in [0.29, 0.717) is 6.42 Å². The fourth-order valence-corrected chi connectivity index (χ4v) is 1.05. The largest absolute Gasteiger partial charge is 0.469 e. The Balaban J connectivity index is 0. The molecule has 7 heteroatoms. The molecule has 0 atom stereocenters. The van der Waals surface area contributed by atoms with Gasteiger partial charge in [-0.25, -0.2) is 12.7 Å². The molecule has 0 unspecified atom stereocenters. The minimum atomic E-state index is -3.33. The second-order valence-electron chi connectivity index (χ2n) is 2.91. The van der Waals surface area contributed by atoms with Crippen molar-refractivity contribution in [1.82, 2.24) is 4.31 Å². The zero-order chi connectivity index (χ0) is 13.4. The van der Waals surface area contributed by atoms with Crippen molar-refractivity contribution in [2.24, 2.45) is 0 Å². The lowest BCUT2D eigenvalue weighted by atomic mass is 10.5. The summed E-state index contributed by atoms with van der Waals surface area (Å²) in [7, 11) is -0.698. The zero-order valence-corrected chi connectivity index (χ0v) is 11.1. The Kier molecular flexibility index (Phi) is 8.74. The van der Waals surface area contributed by atoms with Crippen LogP contribution in [0.4, 0.5) is 0 Å². The summed E-state index contributed by atoms with van der Waals surface area (Å²) in [5, 5.41) is 0. The predicted octanol–water partition coefficient (Wildman–Crippen LogP) is 0.384. The molecule has 0 bridgehead atoms. The molecular formula is C9H19NO5S. The number of nitrogens with zero attached hydrogens (tertiary/aromatic N) is 1. The number of methoxy groups -OCH3 is 1. The molecule has 0 saturated heterocycles. The van der Waals surface area contributed by atoms with E-state index in [0.717, 1.165) is 10.6 Å². The second kappa shape index (κ2) is 8.09. The minimum absolute atomic E-state index is 0.157. The first-order chi connectivity index (χ1) is 7.20. The Morgan fingerprint density at radius 3 is 1.69 bits per heavy atom. The van der Waals surface area contributed by atoms with E-state index in [1.807, 2.05) is 0 Å². The van der Waals surface area contributed by atoms with Gasteiger partial charge in [0.2, 0.25) is 15.9 Å². The number of sulfonamides is 1. The molecule has 0 aliphatic heterocycles. The van der Waals surface area contributed by atoms with Gasteiger partial charge in [-0.2, -0.15) is 0 Å². The quantitative estimate of drug-likeness (QED) is 0.679. The molecule has 0 rings (SSSR count). The molecule has 0 aromatic carbocycles. The number of hydrogen-bond donors (Lipinski definition) is 0. The minimum Gasteiger partial charge on any atom is -0.469 e. The molecule has 96 valence electrons. The van der Waals surface area contributed by atoms with Crippen LogP contribution in [0, 0.1) is 0 Å². The number of esters is 1. The highest BCUT2D eigenvalue weighted by Gasteiger charge is 2.15. The molecule has 1 amide bonds. The number of hydrogen-bond acceptors (Lipinski definition) is 5. The van der Waals surface area contributed by atoms with Crippen LogP contribution in [0.5, 0.6) is 0 Å². The van der Waals surface area contributed by atoms with Gasteiger partial charge in [-0.05, 0) is 0 Å². The zero-order valence-electron chi connectivity index (χ0n) is 10.3. The fraction of sp³-hybridized carbons (Fsp3) is 0.778. The van der Waals surface area contributed by atoms with Gasteiger partial charge in [0.1, 0.15) is 0 Å². The van der Waals surface area contributed by atoms with Gasteiger partial charge in [-0.1, -0.05) is 13.8 Å². The molecule has 16 heavy (non-hydrogen) atoms. The van der Waals surface area contributed by atoms with E-state index >= 15 is 0 Å². The van der Waals surface area contributed by atoms with Crippen LogP contribution in [-0.2, 0) is 24.3 Å². The molecule has 0 aromatic heterocycles. The average Bonchev–Trinajstić information content (AvgIpc) is 2.25. The van der Waals surface area contributed by atoms with Crippen molar-refractivity contribution in [3.63, 3.8) is 0 Å². The first kappa shape index (κ1) is 17.3. The van der Waals surface area contributed by atoms with E-state index in [-0.39, 0.29) is 18.3 Å². The lowest BCUT2D eigenvalue weighted by Crippen LogP contribution is -2.31. The summed E-state index contributed by atoms with van der Waals surface area (Å²) in [5.74, 6) is -0.544. The third kappa shape index (κ3) is 8.22. The summed E-state index contributed by atoms with van der Waals surface area (Å²) in [6, 6.07) is 0. The van der Waals surface area contributed by atoms with Gasteiger partial charge in [0.05, 0.1) is 13.4 Å². The number of ether oxygens (including phenoxy) is 1. The van der Waals surface area contributed by atoms with Crippen LogP contribution >= 0.6 is 0 Å². The number of carbonyl (C=O) groups is 2. The van der Waals surface area contributed by atoms with Crippen molar-refractivity contribution in [2.75, 3.05) is 20.4 Å². The third-order valence-electron chi connectivity index (χ3n) is 1.67. The van der Waals surface area contributed by atoms with E-state index in [1.54, 1.807) is 13.8 Å².